The minimum atomic E-state index is -1.19. The largest absolute Gasteiger partial charge is 0.367 e. The number of amides is 4. The Balaban J connectivity index is 1.77. The Kier molecular flexibility index (Phi) is 4.51. The summed E-state index contributed by atoms with van der Waals surface area (Å²) in [4.78, 5) is 38.9. The van der Waals surface area contributed by atoms with Gasteiger partial charge in [-0.1, -0.05) is 17.7 Å². The average molecular weight is 394 g/mol. The second-order valence-corrected chi connectivity index (χ2v) is 8.71. The maximum absolute atomic E-state index is 13.1. The minimum absolute atomic E-state index is 0.333. The monoisotopic (exact) mass is 393 g/mol. The van der Waals surface area contributed by atoms with E-state index in [1.165, 1.54) is 0 Å². The smallest absolute Gasteiger partial charge is 0.325 e. The van der Waals surface area contributed by atoms with Gasteiger partial charge < -0.3 is 15.4 Å². The van der Waals surface area contributed by atoms with Gasteiger partial charge in [0.05, 0.1) is 21.9 Å². The third-order valence-electron chi connectivity index (χ3n) is 5.13. The van der Waals surface area contributed by atoms with Crippen LogP contribution < -0.4 is 10.6 Å². The van der Waals surface area contributed by atoms with Gasteiger partial charge in [-0.15, -0.1) is 0 Å². The van der Waals surface area contributed by atoms with E-state index in [2.05, 4.69) is 10.6 Å². The summed E-state index contributed by atoms with van der Waals surface area (Å²) >= 11 is 6.12. The summed E-state index contributed by atoms with van der Waals surface area (Å²) in [5, 5.41) is 5.81. The van der Waals surface area contributed by atoms with Gasteiger partial charge in [0.2, 0.25) is 5.91 Å². The van der Waals surface area contributed by atoms with Crippen molar-refractivity contribution in [3.05, 3.63) is 28.8 Å². The lowest BCUT2D eigenvalue weighted by atomic mass is 9.79. The number of halogens is 1. The van der Waals surface area contributed by atoms with Crippen LogP contribution >= 0.6 is 11.6 Å². The molecule has 1 unspecified atom stereocenters. The van der Waals surface area contributed by atoms with Crippen molar-refractivity contribution in [2.45, 2.75) is 57.8 Å². The predicted octanol–water partition coefficient (Wildman–Crippen LogP) is 2.86. The first-order valence-electron chi connectivity index (χ1n) is 8.77. The van der Waals surface area contributed by atoms with E-state index in [1.807, 2.05) is 26.8 Å². The van der Waals surface area contributed by atoms with Crippen LogP contribution in [0, 0.1) is 6.92 Å². The van der Waals surface area contributed by atoms with Crippen molar-refractivity contribution in [1.29, 1.82) is 0 Å². The van der Waals surface area contributed by atoms with E-state index in [4.69, 9.17) is 16.3 Å². The summed E-state index contributed by atoms with van der Waals surface area (Å²) in [5.41, 5.74) is -1.26. The summed E-state index contributed by atoms with van der Waals surface area (Å²) < 4.78 is 5.99. The number of carbonyl (C=O) groups excluding carboxylic acids is 3. The van der Waals surface area contributed by atoms with Crippen LogP contribution in [0.5, 0.6) is 0 Å². The van der Waals surface area contributed by atoms with Gasteiger partial charge >= 0.3 is 6.03 Å². The molecule has 2 aliphatic rings. The predicted molar refractivity (Wildman–Crippen MR) is 102 cm³/mol. The SMILES string of the molecule is Cc1ccc(NC(=O)CN2C(=O)NC3(CC(C)(C)OC3(C)C)C2=O)c(Cl)c1. The van der Waals surface area contributed by atoms with Gasteiger partial charge in [0, 0.05) is 6.42 Å². The maximum Gasteiger partial charge on any atom is 0.325 e. The molecule has 27 heavy (non-hydrogen) atoms. The van der Waals surface area contributed by atoms with Gasteiger partial charge in [0.1, 0.15) is 6.54 Å². The molecule has 2 fully saturated rings. The van der Waals surface area contributed by atoms with E-state index in [1.54, 1.807) is 26.0 Å². The van der Waals surface area contributed by atoms with Crippen LogP contribution in [-0.2, 0) is 14.3 Å². The molecule has 0 aliphatic carbocycles. The fraction of sp³-hybridized carbons (Fsp3) is 0.526. The van der Waals surface area contributed by atoms with E-state index in [9.17, 15) is 14.4 Å². The van der Waals surface area contributed by atoms with Crippen molar-refractivity contribution in [2.24, 2.45) is 0 Å². The lowest BCUT2D eigenvalue weighted by Gasteiger charge is -2.33. The molecule has 4 amide bonds. The van der Waals surface area contributed by atoms with Crippen LogP contribution in [0.3, 0.4) is 0 Å². The normalized spacial score (nSPS) is 25.8. The molecule has 1 aromatic rings. The number of nitrogens with one attached hydrogen (secondary N) is 2. The number of nitrogens with zero attached hydrogens (tertiary/aromatic N) is 1. The molecule has 2 aliphatic heterocycles. The Morgan fingerprint density at radius 2 is 1.96 bits per heavy atom. The fourth-order valence-electron chi connectivity index (χ4n) is 4.02. The van der Waals surface area contributed by atoms with Gasteiger partial charge in [-0.3, -0.25) is 14.5 Å². The summed E-state index contributed by atoms with van der Waals surface area (Å²) in [6.07, 6.45) is 0.333. The first kappa shape index (κ1) is 19.6. The molecule has 3 rings (SSSR count). The van der Waals surface area contributed by atoms with Crippen LogP contribution in [0.1, 0.15) is 39.7 Å². The standard InChI is InChI=1S/C19H24ClN3O4/c1-11-6-7-13(12(20)8-11)21-14(24)9-23-15(25)19(22-16(23)26)10-17(2,3)27-18(19,4)5/h6-8H,9-10H2,1-5H3,(H,21,24)(H,22,26). The molecule has 146 valence electrons. The highest BCUT2D eigenvalue weighted by Gasteiger charge is 2.67. The number of aryl methyl sites for hydroxylation is 1. The lowest BCUT2D eigenvalue weighted by molar-refractivity contribution is -0.140. The number of hydrogen-bond acceptors (Lipinski definition) is 4. The highest BCUT2D eigenvalue weighted by atomic mass is 35.5. The Morgan fingerprint density at radius 1 is 1.30 bits per heavy atom. The first-order chi connectivity index (χ1) is 12.4. The van der Waals surface area contributed by atoms with Crippen LogP contribution in [0.25, 0.3) is 0 Å². The molecule has 7 nitrogen and oxygen atoms in total. The third kappa shape index (κ3) is 3.30. The molecule has 2 heterocycles. The zero-order valence-corrected chi connectivity index (χ0v) is 16.9. The van der Waals surface area contributed by atoms with Crippen molar-refractivity contribution < 1.29 is 19.1 Å². The molecule has 0 radical (unpaired) electrons. The zero-order valence-electron chi connectivity index (χ0n) is 16.1. The molecule has 1 spiro atoms. The molecule has 0 saturated carbocycles. The lowest BCUT2D eigenvalue weighted by Crippen LogP contribution is -2.59. The third-order valence-corrected chi connectivity index (χ3v) is 5.44. The van der Waals surface area contributed by atoms with Crippen molar-refractivity contribution in [1.82, 2.24) is 10.2 Å². The highest BCUT2D eigenvalue weighted by molar-refractivity contribution is 6.33. The van der Waals surface area contributed by atoms with Crippen LogP contribution in [0.15, 0.2) is 18.2 Å². The van der Waals surface area contributed by atoms with Gasteiger partial charge in [0.25, 0.3) is 5.91 Å². The summed E-state index contributed by atoms with van der Waals surface area (Å²) in [6, 6.07) is 4.62. The number of rotatable bonds is 3. The maximum atomic E-state index is 13.1. The molecule has 0 bridgehead atoms. The van der Waals surface area contributed by atoms with Crippen molar-refractivity contribution in [3.8, 4) is 0 Å². The number of benzene rings is 1. The second-order valence-electron chi connectivity index (χ2n) is 8.31. The number of imide groups is 1. The van der Waals surface area contributed by atoms with Crippen LogP contribution in [-0.4, -0.2) is 46.0 Å². The minimum Gasteiger partial charge on any atom is -0.367 e. The Bertz CT molecular complexity index is 836. The van der Waals surface area contributed by atoms with E-state index >= 15 is 0 Å². The van der Waals surface area contributed by atoms with Crippen LogP contribution in [0.2, 0.25) is 5.02 Å². The molecular weight excluding hydrogens is 370 g/mol. The van der Waals surface area contributed by atoms with Gasteiger partial charge in [-0.05, 0) is 52.3 Å². The van der Waals surface area contributed by atoms with Crippen LogP contribution in [0.4, 0.5) is 10.5 Å². The average Bonchev–Trinajstić information content (AvgIpc) is 2.85. The molecule has 1 atom stereocenters. The summed E-state index contributed by atoms with van der Waals surface area (Å²) in [6.45, 7) is 8.78. The van der Waals surface area contributed by atoms with E-state index < -0.39 is 41.1 Å². The van der Waals surface area contributed by atoms with Gasteiger partial charge in [0.15, 0.2) is 5.54 Å². The van der Waals surface area contributed by atoms with Gasteiger partial charge in [-0.2, -0.15) is 0 Å². The number of ether oxygens (including phenoxy) is 1. The van der Waals surface area contributed by atoms with Crippen molar-refractivity contribution >= 4 is 35.1 Å². The Hall–Kier alpha value is -2.12. The quantitative estimate of drug-likeness (QED) is 0.773. The van der Waals surface area contributed by atoms with E-state index in [0.717, 1.165) is 10.5 Å². The molecule has 2 N–H and O–H groups in total. The Labute approximate surface area is 163 Å². The molecule has 8 heteroatoms. The topological polar surface area (TPSA) is 87.7 Å². The number of carbonyl (C=O) groups is 3. The molecular formula is C19H24ClN3O4. The first-order valence-corrected chi connectivity index (χ1v) is 9.15. The molecule has 0 aromatic heterocycles. The highest BCUT2D eigenvalue weighted by Crippen LogP contribution is 2.47. The van der Waals surface area contributed by atoms with E-state index in [0.29, 0.717) is 17.1 Å². The summed E-state index contributed by atoms with van der Waals surface area (Å²) in [5.74, 6) is -0.953. The number of urea groups is 1. The number of anilines is 1. The van der Waals surface area contributed by atoms with Crippen molar-refractivity contribution in [2.75, 3.05) is 11.9 Å². The Morgan fingerprint density at radius 3 is 2.52 bits per heavy atom. The second kappa shape index (κ2) is 6.21. The molecule has 1 aromatic carbocycles. The summed E-state index contributed by atoms with van der Waals surface area (Å²) in [7, 11) is 0. The number of hydrogen-bond donors (Lipinski definition) is 2. The fourth-order valence-corrected chi connectivity index (χ4v) is 4.30. The van der Waals surface area contributed by atoms with Crippen molar-refractivity contribution in [3.63, 3.8) is 0 Å². The van der Waals surface area contributed by atoms with E-state index in [-0.39, 0.29) is 0 Å². The van der Waals surface area contributed by atoms with Gasteiger partial charge in [-0.25, -0.2) is 4.79 Å². The molecule has 2 saturated heterocycles. The zero-order chi connectivity index (χ0) is 20.2.